The Hall–Kier alpha value is -2.20. The molecule has 1 heterocycles. The largest absolute Gasteiger partial charge is 0.463 e. The molecule has 0 radical (unpaired) electrons. The molecule has 1 aliphatic rings. The Morgan fingerprint density at radius 1 is 0.958 bits per heavy atom. The second-order valence-corrected chi connectivity index (χ2v) is 5.24. The molecule has 136 valence electrons. The summed E-state index contributed by atoms with van der Waals surface area (Å²) in [5, 5.41) is 12.5. The number of rotatable bonds is 5. The van der Waals surface area contributed by atoms with Crippen molar-refractivity contribution in [1.29, 1.82) is 0 Å². The lowest BCUT2D eigenvalue weighted by Crippen LogP contribution is -2.66. The molecule has 10 heteroatoms. The van der Waals surface area contributed by atoms with E-state index in [-0.39, 0.29) is 6.61 Å². The summed E-state index contributed by atoms with van der Waals surface area (Å²) in [5.41, 5.74) is 0. The number of carbonyl (C=O) groups is 4. The topological polar surface area (TPSA) is 137 Å². The average Bonchev–Trinajstić information content (AvgIpc) is 2.42. The molecule has 0 aliphatic carbocycles. The maximum Gasteiger partial charge on any atom is 0.303 e. The normalized spacial score (nSPS) is 29.3. The fraction of sp³-hybridized carbons (Fsp3) is 0.714. The summed E-state index contributed by atoms with van der Waals surface area (Å²) in [6, 6.07) is -1.16. The zero-order valence-corrected chi connectivity index (χ0v) is 13.8. The fourth-order valence-electron chi connectivity index (χ4n) is 2.31. The van der Waals surface area contributed by atoms with Crippen LogP contribution in [-0.4, -0.2) is 66.2 Å². The Labute approximate surface area is 138 Å². The number of nitrogens with one attached hydrogen (secondary N) is 1. The third-order valence-electron chi connectivity index (χ3n) is 3.09. The van der Waals surface area contributed by atoms with E-state index in [9.17, 15) is 24.3 Å². The highest BCUT2D eigenvalue weighted by Crippen LogP contribution is 2.26. The predicted molar refractivity (Wildman–Crippen MR) is 76.2 cm³/mol. The number of aliphatic hydroxyl groups is 1. The minimum Gasteiger partial charge on any atom is -0.463 e. The smallest absolute Gasteiger partial charge is 0.303 e. The van der Waals surface area contributed by atoms with Crippen molar-refractivity contribution in [2.75, 3.05) is 6.61 Å². The molecule has 1 amide bonds. The van der Waals surface area contributed by atoms with Crippen LogP contribution in [0.15, 0.2) is 0 Å². The summed E-state index contributed by atoms with van der Waals surface area (Å²) in [7, 11) is 0. The minimum atomic E-state index is -1.56. The number of carbonyl (C=O) groups excluding carboxylic acids is 4. The molecule has 1 saturated heterocycles. The van der Waals surface area contributed by atoms with Gasteiger partial charge in [0.1, 0.15) is 18.8 Å². The molecule has 24 heavy (non-hydrogen) atoms. The van der Waals surface area contributed by atoms with E-state index >= 15 is 0 Å². The highest BCUT2D eigenvalue weighted by Gasteiger charge is 2.50. The van der Waals surface area contributed by atoms with Gasteiger partial charge in [-0.2, -0.15) is 0 Å². The van der Waals surface area contributed by atoms with Gasteiger partial charge in [0.2, 0.25) is 5.91 Å². The van der Waals surface area contributed by atoms with Gasteiger partial charge in [-0.1, -0.05) is 0 Å². The first kappa shape index (κ1) is 19.8. The van der Waals surface area contributed by atoms with Gasteiger partial charge >= 0.3 is 17.9 Å². The van der Waals surface area contributed by atoms with Gasteiger partial charge in [0, 0.05) is 27.7 Å². The van der Waals surface area contributed by atoms with E-state index in [4.69, 9.17) is 18.9 Å². The van der Waals surface area contributed by atoms with Gasteiger partial charge in [0.15, 0.2) is 18.5 Å². The lowest BCUT2D eigenvalue weighted by atomic mass is 9.96. The second-order valence-electron chi connectivity index (χ2n) is 5.24. The van der Waals surface area contributed by atoms with Crippen LogP contribution in [0, 0.1) is 0 Å². The van der Waals surface area contributed by atoms with E-state index in [0.717, 1.165) is 13.8 Å². The number of hydrogen-bond donors (Lipinski definition) is 2. The number of aliphatic hydroxyl groups excluding tert-OH is 1. The predicted octanol–water partition coefficient (Wildman–Crippen LogP) is -1.37. The number of amides is 1. The SMILES string of the molecule is CC(=O)N[C@@H]1[C@@H](OC(C)=O)[C@H](OC(C)=O)[C@H](COC(C)=O)O[C@H]1O. The number of esters is 3. The Kier molecular flexibility index (Phi) is 7.11. The van der Waals surface area contributed by atoms with Crippen LogP contribution in [-0.2, 0) is 38.1 Å². The van der Waals surface area contributed by atoms with Crippen molar-refractivity contribution < 1.29 is 43.2 Å². The molecule has 0 bridgehead atoms. The van der Waals surface area contributed by atoms with E-state index in [1.165, 1.54) is 13.8 Å². The van der Waals surface area contributed by atoms with Crippen molar-refractivity contribution in [3.8, 4) is 0 Å². The van der Waals surface area contributed by atoms with E-state index in [1.54, 1.807) is 0 Å². The first-order valence-electron chi connectivity index (χ1n) is 7.20. The van der Waals surface area contributed by atoms with Crippen molar-refractivity contribution in [2.24, 2.45) is 0 Å². The molecule has 1 aliphatic heterocycles. The Morgan fingerprint density at radius 3 is 1.96 bits per heavy atom. The van der Waals surface area contributed by atoms with Crippen molar-refractivity contribution in [2.45, 2.75) is 58.3 Å². The molecular weight excluding hydrogens is 326 g/mol. The van der Waals surface area contributed by atoms with E-state index < -0.39 is 54.5 Å². The van der Waals surface area contributed by atoms with Crippen molar-refractivity contribution in [1.82, 2.24) is 5.32 Å². The molecular formula is C14H21NO9. The van der Waals surface area contributed by atoms with Crippen LogP contribution in [0.4, 0.5) is 0 Å². The third kappa shape index (κ3) is 5.78. The van der Waals surface area contributed by atoms with Crippen LogP contribution in [0.3, 0.4) is 0 Å². The molecule has 1 rings (SSSR count). The molecule has 5 atom stereocenters. The monoisotopic (exact) mass is 347 g/mol. The maximum absolute atomic E-state index is 11.4. The summed E-state index contributed by atoms with van der Waals surface area (Å²) >= 11 is 0. The van der Waals surface area contributed by atoms with Crippen molar-refractivity contribution in [3.63, 3.8) is 0 Å². The first-order chi connectivity index (χ1) is 11.1. The molecule has 0 unspecified atom stereocenters. The third-order valence-corrected chi connectivity index (χ3v) is 3.09. The van der Waals surface area contributed by atoms with E-state index in [1.807, 2.05) is 0 Å². The van der Waals surface area contributed by atoms with Crippen LogP contribution in [0.5, 0.6) is 0 Å². The maximum atomic E-state index is 11.4. The summed E-state index contributed by atoms with van der Waals surface area (Å²) in [6.45, 7) is 4.28. The molecule has 0 aromatic heterocycles. The Balaban J connectivity index is 3.11. The molecule has 0 spiro atoms. The van der Waals surface area contributed by atoms with Crippen LogP contribution in [0.1, 0.15) is 27.7 Å². The summed E-state index contributed by atoms with van der Waals surface area (Å²) in [5.74, 6) is -2.54. The van der Waals surface area contributed by atoms with Crippen LogP contribution in [0.25, 0.3) is 0 Å². The number of hydrogen-bond acceptors (Lipinski definition) is 9. The molecule has 1 fully saturated rings. The number of ether oxygens (including phenoxy) is 4. The highest BCUT2D eigenvalue weighted by atomic mass is 16.7. The highest BCUT2D eigenvalue weighted by molar-refractivity contribution is 5.73. The summed E-state index contributed by atoms with van der Waals surface area (Å²) < 4.78 is 20.3. The molecule has 0 saturated carbocycles. The quantitative estimate of drug-likeness (QED) is 0.456. The average molecular weight is 347 g/mol. The molecule has 10 nitrogen and oxygen atoms in total. The van der Waals surface area contributed by atoms with Crippen LogP contribution in [0.2, 0.25) is 0 Å². The summed E-state index contributed by atoms with van der Waals surface area (Å²) in [6.07, 6.45) is -5.06. The zero-order valence-electron chi connectivity index (χ0n) is 13.8. The first-order valence-corrected chi connectivity index (χ1v) is 7.20. The van der Waals surface area contributed by atoms with Crippen molar-refractivity contribution >= 4 is 23.8 Å². The molecule has 0 aromatic rings. The van der Waals surface area contributed by atoms with Gasteiger partial charge in [0.05, 0.1) is 0 Å². The summed E-state index contributed by atoms with van der Waals surface area (Å²) in [4.78, 5) is 45.0. The Bertz CT molecular complexity index is 506. The van der Waals surface area contributed by atoms with Gasteiger partial charge in [-0.15, -0.1) is 0 Å². The zero-order chi connectivity index (χ0) is 18.4. The lowest BCUT2D eigenvalue weighted by Gasteiger charge is -2.43. The fourth-order valence-corrected chi connectivity index (χ4v) is 2.31. The lowest BCUT2D eigenvalue weighted by molar-refractivity contribution is -0.264. The molecule has 2 N–H and O–H groups in total. The van der Waals surface area contributed by atoms with Crippen LogP contribution < -0.4 is 5.32 Å². The molecule has 0 aromatic carbocycles. The van der Waals surface area contributed by atoms with Gasteiger partial charge in [-0.25, -0.2) is 0 Å². The Morgan fingerprint density at radius 2 is 1.50 bits per heavy atom. The second kappa shape index (κ2) is 8.60. The van der Waals surface area contributed by atoms with Gasteiger partial charge in [-0.3, -0.25) is 19.2 Å². The van der Waals surface area contributed by atoms with Crippen molar-refractivity contribution in [3.05, 3.63) is 0 Å². The standard InChI is InChI=1S/C14H21NO9/c1-6(16)15-11-13(23-9(4)19)12(22-8(3)18)10(24-14(11)20)5-21-7(2)17/h10-14,20H,5H2,1-4H3,(H,15,16)/t10-,11+,12+,13+,14+/m0/s1. The van der Waals surface area contributed by atoms with Gasteiger partial charge < -0.3 is 29.4 Å². The van der Waals surface area contributed by atoms with Crippen LogP contribution >= 0.6 is 0 Å². The van der Waals surface area contributed by atoms with E-state index in [0.29, 0.717) is 0 Å². The minimum absolute atomic E-state index is 0.338. The van der Waals surface area contributed by atoms with E-state index in [2.05, 4.69) is 5.32 Å². The van der Waals surface area contributed by atoms with Gasteiger partial charge in [-0.05, 0) is 0 Å². The van der Waals surface area contributed by atoms with Gasteiger partial charge in [0.25, 0.3) is 0 Å².